The number of rotatable bonds is 6. The van der Waals surface area contributed by atoms with Crippen molar-refractivity contribution in [1.82, 2.24) is 20.0 Å². The van der Waals surface area contributed by atoms with Gasteiger partial charge in [-0.15, -0.1) is 0 Å². The molecule has 36 heavy (non-hydrogen) atoms. The van der Waals surface area contributed by atoms with Gasteiger partial charge in [-0.25, -0.2) is 0 Å². The van der Waals surface area contributed by atoms with Crippen LogP contribution in [0.25, 0.3) is 17.3 Å². The SMILES string of the molecule is N#C/C(=C/c1cn[nH]c1-c1ccccc1)C(=O)N1CCN(C(c2ccccc2)c2ccccc2)CC1. The first-order valence-corrected chi connectivity index (χ1v) is 12.1. The summed E-state index contributed by atoms with van der Waals surface area (Å²) in [5.41, 5.74) is 5.04. The fourth-order valence-electron chi connectivity index (χ4n) is 4.78. The van der Waals surface area contributed by atoms with E-state index in [0.29, 0.717) is 13.1 Å². The van der Waals surface area contributed by atoms with Gasteiger partial charge in [0.05, 0.1) is 17.9 Å². The van der Waals surface area contributed by atoms with Crippen LogP contribution in [0.2, 0.25) is 0 Å². The topological polar surface area (TPSA) is 76.0 Å². The molecule has 0 unspecified atom stereocenters. The zero-order valence-corrected chi connectivity index (χ0v) is 19.9. The second-order valence-electron chi connectivity index (χ2n) is 8.79. The Morgan fingerprint density at radius 2 is 1.42 bits per heavy atom. The minimum Gasteiger partial charge on any atom is -0.335 e. The smallest absolute Gasteiger partial charge is 0.264 e. The van der Waals surface area contributed by atoms with Crippen LogP contribution < -0.4 is 0 Å². The van der Waals surface area contributed by atoms with Crippen molar-refractivity contribution >= 4 is 12.0 Å². The lowest BCUT2D eigenvalue weighted by molar-refractivity contribution is -0.128. The maximum atomic E-state index is 13.3. The number of H-pyrrole nitrogens is 1. The molecule has 0 atom stereocenters. The average molecular weight is 474 g/mol. The van der Waals surface area contributed by atoms with E-state index in [1.165, 1.54) is 11.1 Å². The second kappa shape index (κ2) is 10.9. The fourth-order valence-corrected chi connectivity index (χ4v) is 4.78. The van der Waals surface area contributed by atoms with Crippen molar-refractivity contribution < 1.29 is 4.79 Å². The van der Waals surface area contributed by atoms with Gasteiger partial charge in [-0.2, -0.15) is 10.4 Å². The van der Waals surface area contributed by atoms with E-state index in [2.05, 4.69) is 69.7 Å². The molecule has 4 aromatic rings. The van der Waals surface area contributed by atoms with Crippen LogP contribution in [0.15, 0.2) is 103 Å². The summed E-state index contributed by atoms with van der Waals surface area (Å²) in [6.45, 7) is 2.57. The van der Waals surface area contributed by atoms with Gasteiger partial charge in [0.25, 0.3) is 5.91 Å². The summed E-state index contributed by atoms with van der Waals surface area (Å²) >= 11 is 0. The number of amides is 1. The normalized spacial score (nSPS) is 14.6. The van der Waals surface area contributed by atoms with Crippen LogP contribution in [-0.2, 0) is 4.79 Å². The number of carbonyl (C=O) groups excluding carboxylic acids is 1. The number of hydrogen-bond acceptors (Lipinski definition) is 4. The van der Waals surface area contributed by atoms with E-state index in [1.807, 2.05) is 42.5 Å². The van der Waals surface area contributed by atoms with Crippen LogP contribution >= 0.6 is 0 Å². The van der Waals surface area contributed by atoms with Gasteiger partial charge in [0.1, 0.15) is 11.6 Å². The Labute approximate surface area is 211 Å². The highest BCUT2D eigenvalue weighted by molar-refractivity contribution is 6.02. The lowest BCUT2D eigenvalue weighted by Crippen LogP contribution is -2.50. The Bertz CT molecular complexity index is 1330. The van der Waals surface area contributed by atoms with Crippen LogP contribution in [0, 0.1) is 11.3 Å². The summed E-state index contributed by atoms with van der Waals surface area (Å²) in [5.74, 6) is -0.242. The lowest BCUT2D eigenvalue weighted by atomic mass is 9.96. The van der Waals surface area contributed by atoms with Gasteiger partial charge < -0.3 is 4.90 Å². The molecule has 0 spiro atoms. The van der Waals surface area contributed by atoms with Crippen molar-refractivity contribution in [3.63, 3.8) is 0 Å². The van der Waals surface area contributed by atoms with E-state index in [-0.39, 0.29) is 17.5 Å². The summed E-state index contributed by atoms with van der Waals surface area (Å²) in [6, 6.07) is 32.9. The van der Waals surface area contributed by atoms with Crippen molar-refractivity contribution in [2.45, 2.75) is 6.04 Å². The minimum atomic E-state index is -0.242. The van der Waals surface area contributed by atoms with E-state index in [0.717, 1.165) is 29.9 Å². The van der Waals surface area contributed by atoms with Crippen LogP contribution in [0.5, 0.6) is 0 Å². The molecule has 1 aliphatic rings. The van der Waals surface area contributed by atoms with Gasteiger partial charge in [-0.1, -0.05) is 91.0 Å². The third-order valence-electron chi connectivity index (χ3n) is 6.58. The molecule has 5 rings (SSSR count). The van der Waals surface area contributed by atoms with E-state index >= 15 is 0 Å². The molecule has 6 nitrogen and oxygen atoms in total. The van der Waals surface area contributed by atoms with Crippen LogP contribution in [-0.4, -0.2) is 52.1 Å². The molecule has 1 aromatic heterocycles. The quantitative estimate of drug-likeness (QED) is 0.319. The fraction of sp³-hybridized carbons (Fsp3) is 0.167. The van der Waals surface area contributed by atoms with Gasteiger partial charge in [-0.3, -0.25) is 14.8 Å². The Morgan fingerprint density at radius 1 is 0.861 bits per heavy atom. The molecule has 1 amide bonds. The second-order valence-corrected chi connectivity index (χ2v) is 8.79. The van der Waals surface area contributed by atoms with Crippen molar-refractivity contribution in [2.75, 3.05) is 26.2 Å². The predicted octanol–water partition coefficient (Wildman–Crippen LogP) is 4.92. The summed E-state index contributed by atoms with van der Waals surface area (Å²) in [4.78, 5) is 17.5. The highest BCUT2D eigenvalue weighted by atomic mass is 16.2. The van der Waals surface area contributed by atoms with E-state index in [9.17, 15) is 10.1 Å². The van der Waals surface area contributed by atoms with Gasteiger partial charge in [0.2, 0.25) is 0 Å². The number of nitrogens with zero attached hydrogens (tertiary/aromatic N) is 4. The minimum absolute atomic E-state index is 0.115. The highest BCUT2D eigenvalue weighted by Crippen LogP contribution is 2.30. The molecular weight excluding hydrogens is 446 g/mol. The lowest BCUT2D eigenvalue weighted by Gasteiger charge is -2.39. The molecule has 1 N–H and O–H groups in total. The third kappa shape index (κ3) is 4.97. The van der Waals surface area contributed by atoms with E-state index < -0.39 is 0 Å². The van der Waals surface area contributed by atoms with Crippen molar-refractivity contribution in [3.8, 4) is 17.3 Å². The van der Waals surface area contributed by atoms with Crippen LogP contribution in [0.1, 0.15) is 22.7 Å². The third-order valence-corrected chi connectivity index (χ3v) is 6.58. The van der Waals surface area contributed by atoms with Crippen molar-refractivity contribution in [1.29, 1.82) is 5.26 Å². The standard InChI is InChI=1S/C30H27N5O/c31-21-26(20-27-22-32-33-28(27)23-10-4-1-5-11-23)30(36)35-18-16-34(17-19-35)29(24-12-6-2-7-13-24)25-14-8-3-9-15-25/h1-15,20,22,29H,16-19H2,(H,32,33)/b26-20-. The summed E-state index contributed by atoms with van der Waals surface area (Å²) in [6.07, 6.45) is 3.28. The number of aromatic nitrogens is 2. The molecule has 0 saturated carbocycles. The number of hydrogen-bond donors (Lipinski definition) is 1. The molecule has 1 aliphatic heterocycles. The van der Waals surface area contributed by atoms with Crippen LogP contribution in [0.4, 0.5) is 0 Å². The average Bonchev–Trinajstić information content (AvgIpc) is 3.42. The first-order chi connectivity index (χ1) is 17.7. The largest absolute Gasteiger partial charge is 0.335 e. The first kappa shape index (κ1) is 23.3. The van der Waals surface area contributed by atoms with Gasteiger partial charge in [0, 0.05) is 37.3 Å². The number of carbonyl (C=O) groups is 1. The van der Waals surface area contributed by atoms with Crippen molar-refractivity contribution in [2.24, 2.45) is 0 Å². The number of benzene rings is 3. The molecule has 3 aromatic carbocycles. The molecular formula is C30H27N5O. The summed E-state index contributed by atoms with van der Waals surface area (Å²) < 4.78 is 0. The molecule has 178 valence electrons. The number of nitriles is 1. The Balaban J connectivity index is 1.32. The molecule has 2 heterocycles. The maximum absolute atomic E-state index is 13.3. The molecule has 0 aliphatic carbocycles. The zero-order chi connectivity index (χ0) is 24.7. The zero-order valence-electron chi connectivity index (χ0n) is 19.9. The molecule has 0 radical (unpaired) electrons. The summed E-state index contributed by atoms with van der Waals surface area (Å²) in [7, 11) is 0. The Kier molecular flexibility index (Phi) is 7.02. The van der Waals surface area contributed by atoms with E-state index in [4.69, 9.17) is 0 Å². The first-order valence-electron chi connectivity index (χ1n) is 12.1. The Morgan fingerprint density at radius 3 is 1.97 bits per heavy atom. The molecule has 0 bridgehead atoms. The number of aromatic amines is 1. The summed E-state index contributed by atoms with van der Waals surface area (Å²) in [5, 5.41) is 16.9. The van der Waals surface area contributed by atoms with E-state index in [1.54, 1.807) is 17.2 Å². The van der Waals surface area contributed by atoms with Gasteiger partial charge in [-0.05, 0) is 17.2 Å². The van der Waals surface area contributed by atoms with Crippen LogP contribution in [0.3, 0.4) is 0 Å². The molecule has 6 heteroatoms. The molecule has 1 saturated heterocycles. The van der Waals surface area contributed by atoms with Crippen molar-refractivity contribution in [3.05, 3.63) is 119 Å². The Hall–Kier alpha value is -4.47. The predicted molar refractivity (Wildman–Crippen MR) is 140 cm³/mol. The highest BCUT2D eigenvalue weighted by Gasteiger charge is 2.29. The number of piperazine rings is 1. The maximum Gasteiger partial charge on any atom is 0.264 e. The number of nitrogens with one attached hydrogen (secondary N) is 1. The monoisotopic (exact) mass is 473 g/mol. The van der Waals surface area contributed by atoms with Gasteiger partial charge >= 0.3 is 0 Å². The van der Waals surface area contributed by atoms with Gasteiger partial charge in [0.15, 0.2) is 0 Å². The molecule has 1 fully saturated rings.